The number of fused-ring (bicyclic) bond motifs is 1. The van der Waals surface area contributed by atoms with Gasteiger partial charge in [-0.05, 0) is 49.2 Å². The molecule has 0 bridgehead atoms. The zero-order valence-corrected chi connectivity index (χ0v) is 26.5. The van der Waals surface area contributed by atoms with Gasteiger partial charge < -0.3 is 23.9 Å². The molecule has 252 valence electrons. The number of aromatic amines is 1. The molecule has 1 fully saturated rings. The van der Waals surface area contributed by atoms with Crippen LogP contribution >= 0.6 is 0 Å². The van der Waals surface area contributed by atoms with Gasteiger partial charge in [0.05, 0.1) is 44.3 Å². The van der Waals surface area contributed by atoms with Crippen LogP contribution in [-0.4, -0.2) is 94.0 Å². The molecule has 3 heterocycles. The minimum atomic E-state index is -4.34. The van der Waals surface area contributed by atoms with Gasteiger partial charge in [-0.3, -0.25) is 9.52 Å². The van der Waals surface area contributed by atoms with Crippen molar-refractivity contribution in [3.63, 3.8) is 0 Å². The number of aromatic nitrogens is 2. The molecule has 0 unspecified atom stereocenters. The van der Waals surface area contributed by atoms with E-state index in [1.165, 1.54) is 6.20 Å². The summed E-state index contributed by atoms with van der Waals surface area (Å²) >= 11 is 0. The van der Waals surface area contributed by atoms with E-state index in [1.54, 1.807) is 36.5 Å². The summed E-state index contributed by atoms with van der Waals surface area (Å²) in [5.74, 6) is -2.96. The normalized spacial score (nSPS) is 15.4. The first-order valence-corrected chi connectivity index (χ1v) is 16.5. The molecule has 0 saturated carbocycles. The number of alkyl halides is 1. The van der Waals surface area contributed by atoms with Crippen molar-refractivity contribution in [1.29, 1.82) is 0 Å². The SMILES string of the molecule is CCOCCOCCOCCOc1ccc(-c2cnc3[nH]cc(C(=O)c4c(F)ccc(NS(=O)(=O)N5CC[C@@H](F)C5)c4F)c3c2)cc1. The van der Waals surface area contributed by atoms with Crippen LogP contribution in [0.15, 0.2) is 54.9 Å². The Morgan fingerprint density at radius 2 is 1.70 bits per heavy atom. The van der Waals surface area contributed by atoms with Crippen molar-refractivity contribution in [3.05, 3.63) is 77.6 Å². The van der Waals surface area contributed by atoms with Crippen LogP contribution in [-0.2, 0) is 24.4 Å². The van der Waals surface area contributed by atoms with Gasteiger partial charge in [-0.25, -0.2) is 18.2 Å². The molecule has 5 rings (SSSR count). The number of ether oxygens (including phenoxy) is 4. The molecule has 0 radical (unpaired) electrons. The molecule has 2 aromatic carbocycles. The molecular weight excluding hydrogens is 641 g/mol. The summed E-state index contributed by atoms with van der Waals surface area (Å²) in [7, 11) is -4.34. The van der Waals surface area contributed by atoms with Crippen LogP contribution in [0.2, 0.25) is 0 Å². The minimum absolute atomic E-state index is 0.00756. The summed E-state index contributed by atoms with van der Waals surface area (Å²) in [4.78, 5) is 20.7. The van der Waals surface area contributed by atoms with E-state index in [2.05, 4.69) is 9.97 Å². The van der Waals surface area contributed by atoms with Crippen LogP contribution in [0.5, 0.6) is 5.75 Å². The van der Waals surface area contributed by atoms with Crippen LogP contribution in [0.3, 0.4) is 0 Å². The third kappa shape index (κ3) is 8.48. The monoisotopic (exact) mass is 676 g/mol. The third-order valence-electron chi connectivity index (χ3n) is 7.40. The molecule has 2 N–H and O–H groups in total. The van der Waals surface area contributed by atoms with E-state index in [9.17, 15) is 22.0 Å². The van der Waals surface area contributed by atoms with Gasteiger partial charge in [-0.15, -0.1) is 0 Å². The first-order chi connectivity index (χ1) is 22.7. The topological polar surface area (TPSA) is 132 Å². The molecule has 2 aromatic heterocycles. The van der Waals surface area contributed by atoms with Gasteiger partial charge in [0.2, 0.25) is 5.78 Å². The molecule has 1 atom stereocenters. The quantitative estimate of drug-likeness (QED) is 0.119. The fourth-order valence-corrected chi connectivity index (χ4v) is 6.25. The summed E-state index contributed by atoms with van der Waals surface area (Å²) in [6, 6.07) is 10.5. The highest BCUT2D eigenvalue weighted by Gasteiger charge is 2.33. The number of rotatable bonds is 17. The number of ketones is 1. The van der Waals surface area contributed by atoms with Crippen molar-refractivity contribution in [2.45, 2.75) is 19.5 Å². The molecule has 4 aromatic rings. The standard InChI is InChI=1S/C32H35F3N4O7S/c1-2-43-11-12-44-13-14-45-15-16-46-24-5-3-21(4-6-24)22-17-25-26(19-37-32(25)36-18-22)31(40)29-27(34)7-8-28(30(29)35)38-47(41,42)39-10-9-23(33)20-39/h3-8,17-19,23,38H,2,9-16,20H2,1H3,(H,36,37)/t23-/m1/s1. The largest absolute Gasteiger partial charge is 0.491 e. The lowest BCUT2D eigenvalue weighted by molar-refractivity contribution is 0.0114. The average Bonchev–Trinajstić information content (AvgIpc) is 3.70. The van der Waals surface area contributed by atoms with Gasteiger partial charge in [-0.2, -0.15) is 12.7 Å². The molecule has 0 amide bonds. The lowest BCUT2D eigenvalue weighted by Crippen LogP contribution is -2.34. The van der Waals surface area contributed by atoms with E-state index in [0.717, 1.165) is 22.0 Å². The summed E-state index contributed by atoms with van der Waals surface area (Å²) in [6.45, 7) is 4.81. The maximum absolute atomic E-state index is 15.5. The maximum Gasteiger partial charge on any atom is 0.301 e. The van der Waals surface area contributed by atoms with Crippen molar-refractivity contribution in [3.8, 4) is 16.9 Å². The van der Waals surface area contributed by atoms with Crippen LogP contribution < -0.4 is 9.46 Å². The van der Waals surface area contributed by atoms with E-state index < -0.39 is 45.0 Å². The van der Waals surface area contributed by atoms with Crippen molar-refractivity contribution >= 4 is 32.7 Å². The molecule has 15 heteroatoms. The third-order valence-corrected chi connectivity index (χ3v) is 8.89. The van der Waals surface area contributed by atoms with Gasteiger partial charge in [-0.1, -0.05) is 12.1 Å². The molecular formula is C32H35F3N4O7S. The number of H-pyrrole nitrogens is 1. The number of nitrogens with one attached hydrogen (secondary N) is 2. The molecule has 1 aliphatic heterocycles. The van der Waals surface area contributed by atoms with E-state index >= 15 is 4.39 Å². The van der Waals surface area contributed by atoms with Crippen molar-refractivity contribution in [2.75, 3.05) is 64.1 Å². The highest BCUT2D eigenvalue weighted by atomic mass is 32.2. The lowest BCUT2D eigenvalue weighted by Gasteiger charge is -2.18. The second kappa shape index (κ2) is 15.7. The summed E-state index contributed by atoms with van der Waals surface area (Å²) < 4.78 is 94.0. The Morgan fingerprint density at radius 1 is 1.00 bits per heavy atom. The molecule has 1 aliphatic rings. The number of carbonyl (C=O) groups excluding carboxylic acids is 1. The number of hydrogen-bond donors (Lipinski definition) is 2. The Bertz CT molecular complexity index is 1790. The Hall–Kier alpha value is -4.02. The summed E-state index contributed by atoms with van der Waals surface area (Å²) in [5, 5.41) is 0.308. The van der Waals surface area contributed by atoms with Crippen molar-refractivity contribution in [1.82, 2.24) is 14.3 Å². The van der Waals surface area contributed by atoms with Gasteiger partial charge in [0.1, 0.15) is 30.0 Å². The Kier molecular flexibility index (Phi) is 11.5. The van der Waals surface area contributed by atoms with Crippen LogP contribution in [0.25, 0.3) is 22.2 Å². The lowest BCUT2D eigenvalue weighted by atomic mass is 10.00. The molecule has 0 aliphatic carbocycles. The van der Waals surface area contributed by atoms with E-state index in [-0.39, 0.29) is 25.1 Å². The molecule has 1 saturated heterocycles. The average molecular weight is 677 g/mol. The van der Waals surface area contributed by atoms with Crippen LogP contribution in [0.1, 0.15) is 29.3 Å². The predicted molar refractivity (Wildman–Crippen MR) is 169 cm³/mol. The number of pyridine rings is 1. The maximum atomic E-state index is 15.5. The Balaban J connectivity index is 1.24. The van der Waals surface area contributed by atoms with Gasteiger partial charge >= 0.3 is 10.2 Å². The zero-order chi connectivity index (χ0) is 33.4. The highest BCUT2D eigenvalue weighted by Crippen LogP contribution is 2.31. The van der Waals surface area contributed by atoms with Crippen molar-refractivity contribution in [2.24, 2.45) is 0 Å². The number of anilines is 1. The first-order valence-electron chi connectivity index (χ1n) is 15.1. The van der Waals surface area contributed by atoms with E-state index in [0.29, 0.717) is 68.6 Å². The molecule has 0 spiro atoms. The summed E-state index contributed by atoms with van der Waals surface area (Å²) in [5.41, 5.74) is 0.0475. The number of nitrogens with zero attached hydrogens (tertiary/aromatic N) is 2. The smallest absolute Gasteiger partial charge is 0.301 e. The van der Waals surface area contributed by atoms with Gasteiger partial charge in [0.15, 0.2) is 5.82 Å². The molecule has 47 heavy (non-hydrogen) atoms. The number of halogens is 3. The predicted octanol–water partition coefficient (Wildman–Crippen LogP) is 4.89. The number of carbonyl (C=O) groups is 1. The van der Waals surface area contributed by atoms with Crippen LogP contribution in [0.4, 0.5) is 18.9 Å². The number of benzene rings is 2. The summed E-state index contributed by atoms with van der Waals surface area (Å²) in [6.07, 6.45) is 1.54. The Morgan fingerprint density at radius 3 is 2.38 bits per heavy atom. The highest BCUT2D eigenvalue weighted by molar-refractivity contribution is 7.90. The fraction of sp³-hybridized carbons (Fsp3) is 0.375. The second-order valence-corrected chi connectivity index (χ2v) is 12.3. The zero-order valence-electron chi connectivity index (χ0n) is 25.6. The molecule has 11 nitrogen and oxygen atoms in total. The van der Waals surface area contributed by atoms with Gasteiger partial charge in [0.25, 0.3) is 0 Å². The van der Waals surface area contributed by atoms with Crippen LogP contribution in [0, 0.1) is 11.6 Å². The second-order valence-electron chi connectivity index (χ2n) is 10.6. The minimum Gasteiger partial charge on any atom is -0.491 e. The Labute approximate surface area is 270 Å². The fourth-order valence-electron chi connectivity index (χ4n) is 4.98. The van der Waals surface area contributed by atoms with Gasteiger partial charge in [0, 0.05) is 48.6 Å². The van der Waals surface area contributed by atoms with E-state index in [1.807, 2.05) is 11.6 Å². The van der Waals surface area contributed by atoms with E-state index in [4.69, 9.17) is 18.9 Å². The van der Waals surface area contributed by atoms with Crippen molar-refractivity contribution < 1.29 is 45.3 Å². The first kappa shape index (κ1) is 34.3. The number of hydrogen-bond acceptors (Lipinski definition) is 8.